The molecule has 0 fully saturated rings. The molecule has 1 unspecified atom stereocenters. The summed E-state index contributed by atoms with van der Waals surface area (Å²) in [7, 11) is 0. The molecule has 188 valence electrons. The minimum absolute atomic E-state index is 0.0254. The highest BCUT2D eigenvalue weighted by molar-refractivity contribution is 5.67. The topological polar surface area (TPSA) is 68.3 Å². The Morgan fingerprint density at radius 2 is 1.71 bits per heavy atom. The van der Waals surface area contributed by atoms with Crippen LogP contribution >= 0.6 is 0 Å². The first-order chi connectivity index (χ1) is 16.8. The molecule has 0 bridgehead atoms. The third-order valence-corrected chi connectivity index (χ3v) is 5.26. The quantitative estimate of drug-likeness (QED) is 0.254. The Balaban J connectivity index is 1.80. The van der Waals surface area contributed by atoms with Crippen molar-refractivity contribution in [2.24, 2.45) is 0 Å². The molecule has 1 aromatic heterocycles. The van der Waals surface area contributed by atoms with Gasteiger partial charge in [0.15, 0.2) is 0 Å². The van der Waals surface area contributed by atoms with Crippen molar-refractivity contribution in [1.82, 2.24) is 9.97 Å². The van der Waals surface area contributed by atoms with Crippen LogP contribution in [-0.4, -0.2) is 22.7 Å². The summed E-state index contributed by atoms with van der Waals surface area (Å²) in [5, 5.41) is 5.74. The molecular weight excluding hydrogens is 457 g/mol. The van der Waals surface area contributed by atoms with Gasteiger partial charge < -0.3 is 20.1 Å². The molecule has 1 atom stereocenters. The van der Waals surface area contributed by atoms with Gasteiger partial charge in [0.05, 0.1) is 18.4 Å². The second kappa shape index (κ2) is 12.3. The molecule has 2 aromatic carbocycles. The lowest BCUT2D eigenvalue weighted by atomic mass is 10.2. The fraction of sp³-hybridized carbons (Fsp3) is 0.385. The third-order valence-electron chi connectivity index (χ3n) is 5.26. The van der Waals surface area contributed by atoms with Crippen molar-refractivity contribution in [3.63, 3.8) is 0 Å². The lowest BCUT2D eigenvalue weighted by Crippen LogP contribution is -2.14. The van der Waals surface area contributed by atoms with Crippen LogP contribution in [0.25, 0.3) is 0 Å². The highest BCUT2D eigenvalue weighted by atomic mass is 19.4. The second-order valence-electron chi connectivity index (χ2n) is 8.12. The van der Waals surface area contributed by atoms with Crippen LogP contribution in [0, 0.1) is 0 Å². The van der Waals surface area contributed by atoms with E-state index in [0.29, 0.717) is 23.7 Å². The zero-order valence-electron chi connectivity index (χ0n) is 20.2. The van der Waals surface area contributed by atoms with Gasteiger partial charge in [-0.3, -0.25) is 0 Å². The number of alkyl halides is 3. The molecule has 0 saturated heterocycles. The predicted molar refractivity (Wildman–Crippen MR) is 132 cm³/mol. The van der Waals surface area contributed by atoms with Crippen LogP contribution in [-0.2, 0) is 6.18 Å². The smallest absolute Gasteiger partial charge is 0.421 e. The number of anilines is 4. The van der Waals surface area contributed by atoms with Crippen LogP contribution in [0.15, 0.2) is 54.7 Å². The third kappa shape index (κ3) is 7.77. The van der Waals surface area contributed by atoms with Crippen molar-refractivity contribution in [1.29, 1.82) is 0 Å². The maximum atomic E-state index is 13.7. The van der Waals surface area contributed by atoms with Gasteiger partial charge in [0.1, 0.15) is 22.9 Å². The van der Waals surface area contributed by atoms with Gasteiger partial charge in [-0.05, 0) is 56.2 Å². The van der Waals surface area contributed by atoms with Crippen molar-refractivity contribution in [3.05, 3.63) is 60.3 Å². The summed E-state index contributed by atoms with van der Waals surface area (Å²) < 4.78 is 52.6. The SMILES string of the molecule is CCCCCOc1ccc(Nc2ncc(C(F)(F)F)c(Nc3ccccc3OC(C)CC)n2)cc1. The van der Waals surface area contributed by atoms with Gasteiger partial charge in [-0.25, -0.2) is 4.98 Å². The van der Waals surface area contributed by atoms with E-state index in [1.165, 1.54) is 0 Å². The molecule has 0 aliphatic carbocycles. The lowest BCUT2D eigenvalue weighted by Gasteiger charge is -2.19. The summed E-state index contributed by atoms with van der Waals surface area (Å²) in [5.74, 6) is 0.821. The first-order valence-corrected chi connectivity index (χ1v) is 11.8. The Morgan fingerprint density at radius 3 is 2.40 bits per heavy atom. The van der Waals surface area contributed by atoms with Crippen molar-refractivity contribution >= 4 is 23.1 Å². The first kappa shape index (κ1) is 26.1. The Bertz CT molecular complexity index is 1070. The van der Waals surface area contributed by atoms with Crippen LogP contribution in [0.2, 0.25) is 0 Å². The van der Waals surface area contributed by atoms with Gasteiger partial charge >= 0.3 is 6.18 Å². The van der Waals surface area contributed by atoms with E-state index in [4.69, 9.17) is 9.47 Å². The van der Waals surface area contributed by atoms with Gasteiger partial charge in [-0.15, -0.1) is 0 Å². The van der Waals surface area contributed by atoms with Crippen molar-refractivity contribution < 1.29 is 22.6 Å². The van der Waals surface area contributed by atoms with Gasteiger partial charge in [-0.1, -0.05) is 38.8 Å². The average Bonchev–Trinajstić information content (AvgIpc) is 2.83. The van der Waals surface area contributed by atoms with Crippen LogP contribution in [0.4, 0.5) is 36.3 Å². The van der Waals surface area contributed by atoms with Crippen molar-refractivity contribution in [2.45, 2.75) is 58.7 Å². The Morgan fingerprint density at radius 1 is 0.971 bits per heavy atom. The van der Waals surface area contributed by atoms with Crippen LogP contribution in [0.3, 0.4) is 0 Å². The number of rotatable bonds is 12. The number of para-hydroxylation sites is 2. The number of unbranched alkanes of at least 4 members (excludes halogenated alkanes) is 2. The summed E-state index contributed by atoms with van der Waals surface area (Å²) in [6.07, 6.45) is -0.00202. The molecule has 0 radical (unpaired) electrons. The molecule has 0 aliphatic rings. The monoisotopic (exact) mass is 488 g/mol. The first-order valence-electron chi connectivity index (χ1n) is 11.8. The molecule has 35 heavy (non-hydrogen) atoms. The Labute approximate surface area is 203 Å². The summed E-state index contributed by atoms with van der Waals surface area (Å²) in [4.78, 5) is 8.00. The van der Waals surface area contributed by atoms with Gasteiger partial charge in [0.25, 0.3) is 0 Å². The molecule has 0 saturated carbocycles. The van der Waals surface area contributed by atoms with E-state index in [2.05, 4.69) is 27.5 Å². The summed E-state index contributed by atoms with van der Waals surface area (Å²) in [6.45, 7) is 6.63. The summed E-state index contributed by atoms with van der Waals surface area (Å²) >= 11 is 0. The molecule has 3 aromatic rings. The molecule has 3 rings (SSSR count). The van der Waals surface area contributed by atoms with Crippen LogP contribution < -0.4 is 20.1 Å². The zero-order chi connectivity index (χ0) is 25.3. The Kier molecular flexibility index (Phi) is 9.17. The molecule has 0 spiro atoms. The zero-order valence-corrected chi connectivity index (χ0v) is 20.2. The number of halogens is 3. The normalized spacial score (nSPS) is 12.2. The van der Waals surface area contributed by atoms with Crippen LogP contribution in [0.1, 0.15) is 52.0 Å². The molecular formula is C26H31F3N4O2. The maximum absolute atomic E-state index is 13.7. The molecule has 2 N–H and O–H groups in total. The standard InChI is InChI=1S/C26H31F3N4O2/c1-4-6-9-16-34-20-14-12-19(13-15-20)31-25-30-17-21(26(27,28)29)24(33-25)32-22-10-7-8-11-23(22)35-18(3)5-2/h7-8,10-15,17-18H,4-6,9,16H2,1-3H3,(H2,30,31,32,33). The van der Waals surface area contributed by atoms with Gasteiger partial charge in [0.2, 0.25) is 5.95 Å². The number of aromatic nitrogens is 2. The number of nitrogens with zero attached hydrogens (tertiary/aromatic N) is 2. The average molecular weight is 489 g/mol. The summed E-state index contributed by atoms with van der Waals surface area (Å²) in [6, 6.07) is 13.9. The van der Waals surface area contributed by atoms with E-state index in [1.54, 1.807) is 48.5 Å². The molecule has 6 nitrogen and oxygen atoms in total. The van der Waals surface area contributed by atoms with E-state index < -0.39 is 11.7 Å². The highest BCUT2D eigenvalue weighted by Gasteiger charge is 2.35. The number of ether oxygens (including phenoxy) is 2. The van der Waals surface area contributed by atoms with E-state index in [0.717, 1.165) is 37.6 Å². The fourth-order valence-electron chi connectivity index (χ4n) is 3.15. The van der Waals surface area contributed by atoms with E-state index >= 15 is 0 Å². The number of hydrogen-bond donors (Lipinski definition) is 2. The summed E-state index contributed by atoms with van der Waals surface area (Å²) in [5.41, 5.74) is 0.0295. The number of hydrogen-bond acceptors (Lipinski definition) is 6. The molecule has 9 heteroatoms. The van der Waals surface area contributed by atoms with Crippen molar-refractivity contribution in [2.75, 3.05) is 17.2 Å². The van der Waals surface area contributed by atoms with Gasteiger partial charge in [0, 0.05) is 11.9 Å². The van der Waals surface area contributed by atoms with Crippen molar-refractivity contribution in [3.8, 4) is 11.5 Å². The van der Waals surface area contributed by atoms with E-state index in [-0.39, 0.29) is 17.9 Å². The van der Waals surface area contributed by atoms with Gasteiger partial charge in [-0.2, -0.15) is 18.2 Å². The predicted octanol–water partition coefficient (Wildman–Crippen LogP) is 7.73. The van der Waals surface area contributed by atoms with Crippen LogP contribution in [0.5, 0.6) is 11.5 Å². The fourth-order valence-corrected chi connectivity index (χ4v) is 3.15. The maximum Gasteiger partial charge on any atom is 0.421 e. The number of benzene rings is 2. The molecule has 0 amide bonds. The largest absolute Gasteiger partial charge is 0.494 e. The minimum atomic E-state index is -4.63. The highest BCUT2D eigenvalue weighted by Crippen LogP contribution is 2.37. The van der Waals surface area contributed by atoms with E-state index in [1.807, 2.05) is 13.8 Å². The second-order valence-corrected chi connectivity index (χ2v) is 8.12. The molecule has 0 aliphatic heterocycles. The Hall–Kier alpha value is -3.49. The minimum Gasteiger partial charge on any atom is -0.494 e. The molecule has 1 heterocycles. The number of nitrogens with one attached hydrogen (secondary N) is 2. The lowest BCUT2D eigenvalue weighted by molar-refractivity contribution is -0.137. The van der Waals surface area contributed by atoms with E-state index in [9.17, 15) is 13.2 Å².